The third-order valence-electron chi connectivity index (χ3n) is 3.50. The monoisotopic (exact) mass is 386 g/mol. The maximum absolute atomic E-state index is 11.8. The Morgan fingerprint density at radius 2 is 1.85 bits per heavy atom. The number of carboxylic acids is 2. The van der Waals surface area contributed by atoms with Gasteiger partial charge in [-0.3, -0.25) is 4.79 Å². The van der Waals surface area contributed by atoms with Crippen LogP contribution in [0, 0.1) is 0 Å². The molecule has 1 rings (SSSR count). The molecule has 1 aromatic carbocycles. The van der Waals surface area contributed by atoms with Crippen LogP contribution in [0.25, 0.3) is 0 Å². The lowest BCUT2D eigenvalue weighted by atomic mass is 10.1. The van der Waals surface area contributed by atoms with Crippen LogP contribution in [-0.2, 0) is 9.59 Å². The van der Waals surface area contributed by atoms with Gasteiger partial charge in [0, 0.05) is 31.1 Å². The predicted molar refractivity (Wildman–Crippen MR) is 97.1 cm³/mol. The molecule has 0 aliphatic heterocycles. The molecule has 0 saturated carbocycles. The van der Waals surface area contributed by atoms with Crippen molar-refractivity contribution in [1.82, 2.24) is 5.32 Å². The molecule has 1 unspecified atom stereocenters. The van der Waals surface area contributed by atoms with Crippen LogP contribution in [0.15, 0.2) is 24.3 Å². The maximum atomic E-state index is 11.8. The summed E-state index contributed by atoms with van der Waals surface area (Å²) in [7, 11) is 0. The SMILES string of the molecule is CCCN(CCCl)c1ccc(OC(=O)NC(CCC(=O)O)C(=O)O)cc1. The van der Waals surface area contributed by atoms with Crippen LogP contribution in [-0.4, -0.2) is 53.3 Å². The molecule has 0 aromatic heterocycles. The number of rotatable bonds is 11. The summed E-state index contributed by atoms with van der Waals surface area (Å²) in [5.41, 5.74) is 0.935. The van der Waals surface area contributed by atoms with E-state index in [2.05, 4.69) is 17.1 Å². The number of carbonyl (C=O) groups excluding carboxylic acids is 1. The fraction of sp³-hybridized carbons (Fsp3) is 0.471. The first-order valence-electron chi connectivity index (χ1n) is 8.21. The highest BCUT2D eigenvalue weighted by Crippen LogP contribution is 2.20. The highest BCUT2D eigenvalue weighted by molar-refractivity contribution is 6.18. The minimum Gasteiger partial charge on any atom is -0.481 e. The first-order valence-corrected chi connectivity index (χ1v) is 8.74. The van der Waals surface area contributed by atoms with Crippen LogP contribution in [0.4, 0.5) is 10.5 Å². The Bertz CT molecular complexity index is 602. The number of aliphatic carboxylic acids is 2. The number of anilines is 1. The van der Waals surface area contributed by atoms with E-state index in [1.165, 1.54) is 0 Å². The minimum absolute atomic E-state index is 0.233. The lowest BCUT2D eigenvalue weighted by molar-refractivity contribution is -0.140. The fourth-order valence-corrected chi connectivity index (χ4v) is 2.47. The Balaban J connectivity index is 2.65. The molecule has 3 N–H and O–H groups in total. The summed E-state index contributed by atoms with van der Waals surface area (Å²) in [6, 6.07) is 5.42. The molecular formula is C17H23ClN2O6. The highest BCUT2D eigenvalue weighted by atomic mass is 35.5. The molecule has 0 fully saturated rings. The Morgan fingerprint density at radius 1 is 1.19 bits per heavy atom. The second-order valence-electron chi connectivity index (χ2n) is 5.53. The quantitative estimate of drug-likeness (QED) is 0.500. The number of hydrogen-bond acceptors (Lipinski definition) is 5. The van der Waals surface area contributed by atoms with Crippen LogP contribution in [0.3, 0.4) is 0 Å². The molecule has 1 amide bonds. The van der Waals surface area contributed by atoms with Crippen molar-refractivity contribution >= 4 is 35.3 Å². The molecule has 26 heavy (non-hydrogen) atoms. The molecule has 8 nitrogen and oxygen atoms in total. The molecule has 0 saturated heterocycles. The Morgan fingerprint density at radius 3 is 2.35 bits per heavy atom. The second kappa shape index (κ2) is 11.2. The topological polar surface area (TPSA) is 116 Å². The Labute approximate surface area is 156 Å². The van der Waals surface area contributed by atoms with E-state index in [1.807, 2.05) is 0 Å². The molecule has 0 heterocycles. The summed E-state index contributed by atoms with van der Waals surface area (Å²) in [4.78, 5) is 35.5. The number of halogens is 1. The third kappa shape index (κ3) is 7.60. The van der Waals surface area contributed by atoms with Crippen LogP contribution in [0.2, 0.25) is 0 Å². The molecule has 0 radical (unpaired) electrons. The average molecular weight is 387 g/mol. The van der Waals surface area contributed by atoms with Gasteiger partial charge in [0.25, 0.3) is 0 Å². The van der Waals surface area contributed by atoms with E-state index in [0.717, 1.165) is 18.7 Å². The Hall–Kier alpha value is -2.48. The van der Waals surface area contributed by atoms with Crippen LogP contribution >= 0.6 is 11.6 Å². The lowest BCUT2D eigenvalue weighted by Gasteiger charge is -2.23. The lowest BCUT2D eigenvalue weighted by Crippen LogP contribution is -2.42. The van der Waals surface area contributed by atoms with Crippen molar-refractivity contribution in [2.45, 2.75) is 32.2 Å². The number of nitrogens with zero attached hydrogens (tertiary/aromatic N) is 1. The third-order valence-corrected chi connectivity index (χ3v) is 3.67. The highest BCUT2D eigenvalue weighted by Gasteiger charge is 2.22. The standard InChI is InChI=1S/C17H23ClN2O6/c1-2-10-20(11-9-18)12-3-5-13(6-4-12)26-17(25)19-14(16(23)24)7-8-15(21)22/h3-6,14H,2,7-11H2,1H3,(H,19,25)(H,21,22)(H,23,24). The van der Waals surface area contributed by atoms with Crippen LogP contribution in [0.1, 0.15) is 26.2 Å². The summed E-state index contributed by atoms with van der Waals surface area (Å²) in [5, 5.41) is 19.8. The van der Waals surface area contributed by atoms with Crippen molar-refractivity contribution in [3.05, 3.63) is 24.3 Å². The van der Waals surface area contributed by atoms with E-state index < -0.39 is 24.1 Å². The molecule has 0 aliphatic rings. The van der Waals surface area contributed by atoms with Crippen molar-refractivity contribution in [1.29, 1.82) is 0 Å². The molecule has 1 atom stereocenters. The van der Waals surface area contributed by atoms with Gasteiger partial charge in [-0.15, -0.1) is 11.6 Å². The zero-order valence-electron chi connectivity index (χ0n) is 14.5. The zero-order valence-corrected chi connectivity index (χ0v) is 15.2. The molecule has 144 valence electrons. The van der Waals surface area contributed by atoms with Gasteiger partial charge in [-0.2, -0.15) is 0 Å². The number of carbonyl (C=O) groups is 3. The van der Waals surface area contributed by atoms with E-state index in [0.29, 0.717) is 12.4 Å². The van der Waals surface area contributed by atoms with Crippen molar-refractivity contribution in [3.63, 3.8) is 0 Å². The van der Waals surface area contributed by atoms with Crippen molar-refractivity contribution < 1.29 is 29.3 Å². The molecule has 1 aromatic rings. The first-order chi connectivity index (χ1) is 12.4. The van der Waals surface area contributed by atoms with E-state index in [9.17, 15) is 14.4 Å². The molecule has 0 aliphatic carbocycles. The number of hydrogen-bond donors (Lipinski definition) is 3. The van der Waals surface area contributed by atoms with Crippen molar-refractivity contribution in [3.8, 4) is 5.75 Å². The van der Waals surface area contributed by atoms with Gasteiger partial charge < -0.3 is 25.2 Å². The second-order valence-corrected chi connectivity index (χ2v) is 5.90. The van der Waals surface area contributed by atoms with E-state index in [4.69, 9.17) is 26.6 Å². The van der Waals surface area contributed by atoms with Crippen molar-refractivity contribution in [2.24, 2.45) is 0 Å². The van der Waals surface area contributed by atoms with E-state index in [-0.39, 0.29) is 18.6 Å². The smallest absolute Gasteiger partial charge is 0.413 e. The summed E-state index contributed by atoms with van der Waals surface area (Å²) in [5.74, 6) is -1.73. The summed E-state index contributed by atoms with van der Waals surface area (Å²) >= 11 is 5.80. The van der Waals surface area contributed by atoms with Gasteiger partial charge in [0.05, 0.1) is 0 Å². The van der Waals surface area contributed by atoms with E-state index in [1.54, 1.807) is 24.3 Å². The predicted octanol–water partition coefficient (Wildman–Crippen LogP) is 2.55. The number of carboxylic acid groups (broad SMARTS) is 2. The van der Waals surface area contributed by atoms with Gasteiger partial charge in [-0.05, 0) is 37.1 Å². The van der Waals surface area contributed by atoms with E-state index >= 15 is 0 Å². The van der Waals surface area contributed by atoms with Gasteiger partial charge in [-0.25, -0.2) is 9.59 Å². The summed E-state index contributed by atoms with van der Waals surface area (Å²) < 4.78 is 5.05. The normalized spacial score (nSPS) is 11.5. The van der Waals surface area contributed by atoms with Gasteiger partial charge in [-0.1, -0.05) is 6.92 Å². The fourth-order valence-electron chi connectivity index (χ4n) is 2.27. The average Bonchev–Trinajstić information content (AvgIpc) is 2.58. The number of benzene rings is 1. The number of nitrogens with one attached hydrogen (secondary N) is 1. The van der Waals surface area contributed by atoms with Gasteiger partial charge in [0.15, 0.2) is 0 Å². The van der Waals surface area contributed by atoms with Crippen LogP contribution in [0.5, 0.6) is 5.75 Å². The van der Waals surface area contributed by atoms with Gasteiger partial charge in [0.2, 0.25) is 0 Å². The van der Waals surface area contributed by atoms with Gasteiger partial charge >= 0.3 is 18.0 Å². The van der Waals surface area contributed by atoms with Gasteiger partial charge in [0.1, 0.15) is 11.8 Å². The molecule has 0 bridgehead atoms. The van der Waals surface area contributed by atoms with Crippen molar-refractivity contribution in [2.75, 3.05) is 23.9 Å². The number of ether oxygens (including phenoxy) is 1. The minimum atomic E-state index is -1.33. The maximum Gasteiger partial charge on any atom is 0.413 e. The molecule has 0 spiro atoms. The van der Waals surface area contributed by atoms with Crippen LogP contribution < -0.4 is 15.0 Å². The summed E-state index contributed by atoms with van der Waals surface area (Å²) in [6.45, 7) is 3.60. The Kier molecular flexibility index (Phi) is 9.29. The summed E-state index contributed by atoms with van der Waals surface area (Å²) in [6.07, 6.45) is -0.602. The first kappa shape index (κ1) is 21.6. The number of amides is 1. The zero-order chi connectivity index (χ0) is 19.5. The largest absolute Gasteiger partial charge is 0.481 e. The molecule has 9 heteroatoms. The number of alkyl halides is 1. The molecular weight excluding hydrogens is 364 g/mol.